The van der Waals surface area contributed by atoms with Crippen LogP contribution in [0.4, 0.5) is 11.4 Å². The fourth-order valence-corrected chi connectivity index (χ4v) is 4.14. The van der Waals surface area contributed by atoms with E-state index in [-0.39, 0.29) is 11.0 Å². The molecule has 0 saturated carbocycles. The summed E-state index contributed by atoms with van der Waals surface area (Å²) in [7, 11) is -3.70. The Balaban J connectivity index is 1.73. The molecule has 0 amide bonds. The molecular formula is C18H19ClN2O5S. The van der Waals surface area contributed by atoms with E-state index in [1.54, 1.807) is 12.1 Å². The molecule has 0 bridgehead atoms. The lowest BCUT2D eigenvalue weighted by Gasteiger charge is -2.34. The van der Waals surface area contributed by atoms with Crippen molar-refractivity contribution >= 4 is 32.8 Å². The van der Waals surface area contributed by atoms with Gasteiger partial charge in [-0.2, -0.15) is 0 Å². The first-order valence-electron chi connectivity index (χ1n) is 8.40. The highest BCUT2D eigenvalue weighted by Crippen LogP contribution is 2.31. The molecule has 2 aromatic carbocycles. The molecule has 2 aromatic rings. The molecule has 0 unspecified atom stereocenters. The molecule has 9 heteroatoms. The molecule has 1 saturated heterocycles. The predicted molar refractivity (Wildman–Crippen MR) is 104 cm³/mol. The average molecular weight is 411 g/mol. The molecule has 0 N–H and O–H groups in total. The van der Waals surface area contributed by atoms with Crippen molar-refractivity contribution in [2.75, 3.05) is 24.2 Å². The van der Waals surface area contributed by atoms with E-state index in [4.69, 9.17) is 16.3 Å². The third-order valence-corrected chi connectivity index (χ3v) is 5.92. The van der Waals surface area contributed by atoms with Gasteiger partial charge in [0.2, 0.25) is 0 Å². The standard InChI is InChI=1S/C18H19ClN2O5S/c1-27(24,25)18-12-13(6-7-16(18)21(22)23)20-10-8-14(9-11-20)26-17-5-3-2-4-15(17)19/h2-7,12,14H,8-11H2,1H3. The Hall–Kier alpha value is -2.32. The number of halogens is 1. The summed E-state index contributed by atoms with van der Waals surface area (Å²) in [6.07, 6.45) is 2.45. The summed E-state index contributed by atoms with van der Waals surface area (Å²) in [4.78, 5) is 12.2. The number of para-hydroxylation sites is 1. The molecule has 1 fully saturated rings. The van der Waals surface area contributed by atoms with Crippen LogP contribution in [0.3, 0.4) is 0 Å². The van der Waals surface area contributed by atoms with Gasteiger partial charge in [0.25, 0.3) is 5.69 Å². The number of anilines is 1. The van der Waals surface area contributed by atoms with Gasteiger partial charge >= 0.3 is 0 Å². The largest absolute Gasteiger partial charge is 0.489 e. The number of hydrogen-bond donors (Lipinski definition) is 0. The van der Waals surface area contributed by atoms with Crippen LogP contribution in [-0.2, 0) is 9.84 Å². The van der Waals surface area contributed by atoms with Crippen LogP contribution < -0.4 is 9.64 Å². The van der Waals surface area contributed by atoms with Crippen LogP contribution in [0.1, 0.15) is 12.8 Å². The lowest BCUT2D eigenvalue weighted by Crippen LogP contribution is -2.38. The lowest BCUT2D eigenvalue weighted by molar-refractivity contribution is -0.387. The minimum Gasteiger partial charge on any atom is -0.489 e. The molecule has 0 atom stereocenters. The number of nitro benzene ring substituents is 1. The number of ether oxygens (including phenoxy) is 1. The highest BCUT2D eigenvalue weighted by Gasteiger charge is 2.26. The number of benzene rings is 2. The second-order valence-corrected chi connectivity index (χ2v) is 8.81. The third kappa shape index (κ3) is 4.51. The van der Waals surface area contributed by atoms with Gasteiger partial charge in [-0.15, -0.1) is 0 Å². The average Bonchev–Trinajstić information content (AvgIpc) is 2.63. The van der Waals surface area contributed by atoms with Gasteiger partial charge in [-0.3, -0.25) is 10.1 Å². The molecule has 1 aliphatic rings. The molecular weight excluding hydrogens is 392 g/mol. The molecule has 1 aliphatic heterocycles. The Morgan fingerprint density at radius 1 is 1.19 bits per heavy atom. The fraction of sp³-hybridized carbons (Fsp3) is 0.333. The molecule has 7 nitrogen and oxygen atoms in total. The van der Waals surface area contributed by atoms with Crippen LogP contribution in [-0.4, -0.2) is 38.8 Å². The Morgan fingerprint density at radius 3 is 2.44 bits per heavy atom. The van der Waals surface area contributed by atoms with E-state index in [1.165, 1.54) is 12.1 Å². The second kappa shape index (κ2) is 7.74. The van der Waals surface area contributed by atoms with Gasteiger partial charge in [-0.05, 0) is 24.3 Å². The first-order chi connectivity index (χ1) is 12.8. The van der Waals surface area contributed by atoms with Crippen molar-refractivity contribution in [2.45, 2.75) is 23.8 Å². The number of piperidine rings is 1. The summed E-state index contributed by atoms with van der Waals surface area (Å²) >= 11 is 6.12. The van der Waals surface area contributed by atoms with Crippen LogP contribution in [0.15, 0.2) is 47.4 Å². The Kier molecular flexibility index (Phi) is 5.57. The number of sulfone groups is 1. The van der Waals surface area contributed by atoms with Gasteiger partial charge < -0.3 is 9.64 Å². The van der Waals surface area contributed by atoms with Crippen molar-refractivity contribution in [1.29, 1.82) is 0 Å². The second-order valence-electron chi connectivity index (χ2n) is 6.42. The van der Waals surface area contributed by atoms with Crippen LogP contribution >= 0.6 is 11.6 Å². The minimum atomic E-state index is -3.70. The maximum absolute atomic E-state index is 11.9. The lowest BCUT2D eigenvalue weighted by atomic mass is 10.1. The Labute approximate surface area is 162 Å². The predicted octanol–water partition coefficient (Wildman–Crippen LogP) is 3.70. The van der Waals surface area contributed by atoms with E-state index in [2.05, 4.69) is 0 Å². The maximum atomic E-state index is 11.9. The van der Waals surface area contributed by atoms with E-state index in [0.717, 1.165) is 19.1 Å². The number of nitro groups is 1. The first kappa shape index (κ1) is 19.4. The summed E-state index contributed by atoms with van der Waals surface area (Å²) < 4.78 is 29.8. The molecule has 0 radical (unpaired) electrons. The summed E-state index contributed by atoms with van der Waals surface area (Å²) in [5, 5.41) is 11.7. The van der Waals surface area contributed by atoms with Gasteiger partial charge in [0, 0.05) is 43.9 Å². The maximum Gasteiger partial charge on any atom is 0.288 e. The molecule has 0 spiro atoms. The van der Waals surface area contributed by atoms with Crippen molar-refractivity contribution in [3.05, 3.63) is 57.6 Å². The van der Waals surface area contributed by atoms with Gasteiger partial charge in [-0.1, -0.05) is 23.7 Å². The Morgan fingerprint density at radius 2 is 1.85 bits per heavy atom. The molecule has 144 valence electrons. The zero-order chi connectivity index (χ0) is 19.6. The summed E-state index contributed by atoms with van der Waals surface area (Å²) in [6, 6.07) is 11.5. The Bertz CT molecular complexity index is 956. The summed E-state index contributed by atoms with van der Waals surface area (Å²) in [5.41, 5.74) is 0.246. The van der Waals surface area contributed by atoms with Crippen molar-refractivity contribution in [3.8, 4) is 5.75 Å². The highest BCUT2D eigenvalue weighted by atomic mass is 35.5. The topological polar surface area (TPSA) is 89.8 Å². The van der Waals surface area contributed by atoms with E-state index in [0.29, 0.717) is 29.5 Å². The van der Waals surface area contributed by atoms with Crippen molar-refractivity contribution < 1.29 is 18.1 Å². The number of rotatable bonds is 5. The summed E-state index contributed by atoms with van der Waals surface area (Å²) in [5.74, 6) is 0.646. The van der Waals surface area contributed by atoms with Crippen molar-refractivity contribution in [1.82, 2.24) is 0 Å². The monoisotopic (exact) mass is 410 g/mol. The number of nitrogens with zero attached hydrogens (tertiary/aromatic N) is 2. The van der Waals surface area contributed by atoms with Crippen LogP contribution in [0.2, 0.25) is 5.02 Å². The zero-order valence-corrected chi connectivity index (χ0v) is 16.2. The quantitative estimate of drug-likeness (QED) is 0.551. The highest BCUT2D eigenvalue weighted by molar-refractivity contribution is 7.90. The SMILES string of the molecule is CS(=O)(=O)c1cc(N2CCC(Oc3ccccc3Cl)CC2)ccc1[N+](=O)[O-]. The van der Waals surface area contributed by atoms with Gasteiger partial charge in [0.05, 0.1) is 9.95 Å². The zero-order valence-electron chi connectivity index (χ0n) is 14.7. The third-order valence-electron chi connectivity index (χ3n) is 4.48. The molecule has 1 heterocycles. The van der Waals surface area contributed by atoms with E-state index in [1.807, 2.05) is 23.1 Å². The van der Waals surface area contributed by atoms with E-state index < -0.39 is 20.4 Å². The normalized spacial score (nSPS) is 15.6. The molecule has 0 aliphatic carbocycles. The first-order valence-corrected chi connectivity index (χ1v) is 10.7. The molecule has 3 rings (SSSR count). The smallest absolute Gasteiger partial charge is 0.288 e. The van der Waals surface area contributed by atoms with Crippen LogP contribution in [0.25, 0.3) is 0 Å². The van der Waals surface area contributed by atoms with Crippen molar-refractivity contribution in [3.63, 3.8) is 0 Å². The van der Waals surface area contributed by atoms with E-state index in [9.17, 15) is 18.5 Å². The molecule has 27 heavy (non-hydrogen) atoms. The van der Waals surface area contributed by atoms with Crippen LogP contribution in [0, 0.1) is 10.1 Å². The minimum absolute atomic E-state index is 0.00794. The molecule has 0 aromatic heterocycles. The fourth-order valence-electron chi connectivity index (χ4n) is 3.10. The van der Waals surface area contributed by atoms with Gasteiger partial charge in [0.1, 0.15) is 16.7 Å². The van der Waals surface area contributed by atoms with Crippen molar-refractivity contribution in [2.24, 2.45) is 0 Å². The van der Waals surface area contributed by atoms with Gasteiger partial charge in [0.15, 0.2) is 9.84 Å². The summed E-state index contributed by atoms with van der Waals surface area (Å²) in [6.45, 7) is 1.30. The number of hydrogen-bond acceptors (Lipinski definition) is 6. The van der Waals surface area contributed by atoms with Crippen LogP contribution in [0.5, 0.6) is 5.75 Å². The van der Waals surface area contributed by atoms with Gasteiger partial charge in [-0.25, -0.2) is 8.42 Å². The van der Waals surface area contributed by atoms with E-state index >= 15 is 0 Å².